The lowest BCUT2D eigenvalue weighted by Gasteiger charge is -1.95. The Bertz CT molecular complexity index is 74.6. The predicted octanol–water partition coefficient (Wildman–Crippen LogP) is 0.183. The van der Waals surface area contributed by atoms with Gasteiger partial charge in [0.2, 0.25) is 0 Å². The van der Waals surface area contributed by atoms with E-state index < -0.39 is 0 Å². The van der Waals surface area contributed by atoms with Gasteiger partial charge in [0.05, 0.1) is 6.61 Å². The van der Waals surface area contributed by atoms with E-state index in [0.717, 1.165) is 16.3 Å². The largest absolute Gasteiger partial charge is 0.317 e. The van der Waals surface area contributed by atoms with Gasteiger partial charge in [0.1, 0.15) is 6.26 Å². The molecule has 9 heavy (non-hydrogen) atoms. The Morgan fingerprint density at radius 2 is 2.33 bits per heavy atom. The third-order valence-electron chi connectivity index (χ3n) is 0.566. The van der Waals surface area contributed by atoms with Crippen molar-refractivity contribution in [1.29, 1.82) is 0 Å². The van der Waals surface area contributed by atoms with E-state index in [1.54, 1.807) is 6.08 Å². The molecule has 0 aliphatic heterocycles. The monoisotopic (exact) mass is 148 g/mol. The molecule has 0 unspecified atom stereocenters. The molecular formula is C5H12O3Si. The molecule has 0 saturated carbocycles. The van der Waals surface area contributed by atoms with E-state index in [-0.39, 0.29) is 0 Å². The fourth-order valence-corrected chi connectivity index (χ4v) is 0.390. The van der Waals surface area contributed by atoms with Crippen molar-refractivity contribution in [2.75, 3.05) is 6.61 Å². The van der Waals surface area contributed by atoms with Gasteiger partial charge >= 0.3 is 0 Å². The molecule has 0 N–H and O–H groups in total. The van der Waals surface area contributed by atoms with E-state index in [1.807, 2.05) is 6.92 Å². The lowest BCUT2D eigenvalue weighted by atomic mass is 10.7. The smallest absolute Gasteiger partial charge is 0.128 e. The number of hydrogen-bond acceptors (Lipinski definition) is 3. The summed E-state index contributed by atoms with van der Waals surface area (Å²) in [5.41, 5.74) is 0. The molecule has 0 aromatic heterocycles. The van der Waals surface area contributed by atoms with Crippen molar-refractivity contribution >= 4 is 10.2 Å². The quantitative estimate of drug-likeness (QED) is 0.183. The zero-order chi connectivity index (χ0) is 6.95. The molecule has 0 aromatic carbocycles. The second-order valence-electron chi connectivity index (χ2n) is 1.46. The molecule has 0 spiro atoms. The van der Waals surface area contributed by atoms with Gasteiger partial charge in [-0.1, -0.05) is 0 Å². The van der Waals surface area contributed by atoms with Crippen molar-refractivity contribution in [2.45, 2.75) is 13.0 Å². The SMILES string of the molecule is CC=COOOCC[SiH3]. The van der Waals surface area contributed by atoms with E-state index in [2.05, 4.69) is 14.8 Å². The third-order valence-corrected chi connectivity index (χ3v) is 0.975. The van der Waals surface area contributed by atoms with Gasteiger partial charge in [-0.05, 0) is 24.1 Å². The molecular weight excluding hydrogens is 136 g/mol. The highest BCUT2D eigenvalue weighted by atomic mass is 28.1. The normalized spacial score (nSPS) is 10.8. The zero-order valence-corrected chi connectivity index (χ0v) is 7.79. The maximum atomic E-state index is 4.55. The summed E-state index contributed by atoms with van der Waals surface area (Å²) < 4.78 is 0. The Kier molecular flexibility index (Phi) is 7.40. The Morgan fingerprint density at radius 3 is 2.89 bits per heavy atom. The third kappa shape index (κ3) is 7.68. The summed E-state index contributed by atoms with van der Waals surface area (Å²) >= 11 is 0. The lowest BCUT2D eigenvalue weighted by Crippen LogP contribution is -1.93. The molecule has 54 valence electrons. The first-order valence-corrected chi connectivity index (χ1v) is 4.39. The van der Waals surface area contributed by atoms with E-state index in [9.17, 15) is 0 Å². The number of allylic oxidation sites excluding steroid dienone is 1. The molecule has 0 radical (unpaired) electrons. The van der Waals surface area contributed by atoms with Gasteiger partial charge in [-0.3, -0.25) is 0 Å². The molecule has 4 heteroatoms. The first-order valence-electron chi connectivity index (χ1n) is 2.98. The van der Waals surface area contributed by atoms with E-state index in [0.29, 0.717) is 6.61 Å². The summed E-state index contributed by atoms with van der Waals surface area (Å²) in [6.45, 7) is 2.44. The molecule has 3 nitrogen and oxygen atoms in total. The molecule has 0 aliphatic carbocycles. The highest BCUT2D eigenvalue weighted by molar-refractivity contribution is 6.08. The van der Waals surface area contributed by atoms with Crippen LogP contribution in [-0.2, 0) is 14.8 Å². The molecule has 0 saturated heterocycles. The summed E-state index contributed by atoms with van der Waals surface area (Å²) in [5.74, 6) is 0. The van der Waals surface area contributed by atoms with Crippen molar-refractivity contribution < 1.29 is 14.8 Å². The van der Waals surface area contributed by atoms with Crippen LogP contribution in [0.5, 0.6) is 0 Å². The fourth-order valence-electron chi connectivity index (χ4n) is 0.223. The highest BCUT2D eigenvalue weighted by Crippen LogP contribution is 1.83. The molecule has 0 atom stereocenters. The van der Waals surface area contributed by atoms with E-state index in [4.69, 9.17) is 0 Å². The van der Waals surface area contributed by atoms with Crippen LogP contribution in [0.3, 0.4) is 0 Å². The van der Waals surface area contributed by atoms with Crippen LogP contribution in [0.1, 0.15) is 6.92 Å². The minimum absolute atomic E-state index is 0.615. The van der Waals surface area contributed by atoms with E-state index in [1.165, 1.54) is 6.26 Å². The van der Waals surface area contributed by atoms with Gasteiger partial charge in [0.25, 0.3) is 0 Å². The highest BCUT2D eigenvalue weighted by Gasteiger charge is 1.81. The summed E-state index contributed by atoms with van der Waals surface area (Å²) in [5, 5.41) is 4.25. The first-order chi connectivity index (χ1) is 4.41. The Morgan fingerprint density at radius 1 is 1.56 bits per heavy atom. The van der Waals surface area contributed by atoms with Gasteiger partial charge in [-0.2, -0.15) is 4.89 Å². The van der Waals surface area contributed by atoms with E-state index >= 15 is 0 Å². The van der Waals surface area contributed by atoms with Crippen LogP contribution in [0, 0.1) is 0 Å². The van der Waals surface area contributed by atoms with Crippen molar-refractivity contribution in [3.63, 3.8) is 0 Å². The molecule has 0 aromatic rings. The second-order valence-corrected chi connectivity index (χ2v) is 2.46. The molecule has 0 heterocycles. The van der Waals surface area contributed by atoms with Crippen molar-refractivity contribution in [1.82, 2.24) is 0 Å². The molecule has 0 aliphatic rings. The van der Waals surface area contributed by atoms with Crippen LogP contribution >= 0.6 is 0 Å². The Hall–Kier alpha value is -0.323. The van der Waals surface area contributed by atoms with Crippen LogP contribution in [0.25, 0.3) is 0 Å². The maximum absolute atomic E-state index is 4.55. The van der Waals surface area contributed by atoms with Crippen LogP contribution in [-0.4, -0.2) is 16.8 Å². The Balaban J connectivity index is 2.75. The summed E-state index contributed by atoms with van der Waals surface area (Å²) in [6, 6.07) is 1.05. The topological polar surface area (TPSA) is 27.7 Å². The van der Waals surface area contributed by atoms with Crippen molar-refractivity contribution in [3.8, 4) is 0 Å². The van der Waals surface area contributed by atoms with Crippen LogP contribution in [0.4, 0.5) is 0 Å². The van der Waals surface area contributed by atoms with Crippen molar-refractivity contribution in [2.24, 2.45) is 0 Å². The Labute approximate surface area is 57.9 Å². The maximum Gasteiger partial charge on any atom is 0.128 e. The van der Waals surface area contributed by atoms with Crippen LogP contribution in [0.15, 0.2) is 12.3 Å². The van der Waals surface area contributed by atoms with Crippen LogP contribution in [0.2, 0.25) is 6.04 Å². The summed E-state index contributed by atoms with van der Waals surface area (Å²) in [7, 11) is 1.13. The molecule has 0 amide bonds. The van der Waals surface area contributed by atoms with Gasteiger partial charge in [-0.25, -0.2) is 0 Å². The van der Waals surface area contributed by atoms with Gasteiger partial charge in [-0.15, -0.1) is 0 Å². The minimum atomic E-state index is 0.615. The molecule has 0 rings (SSSR count). The standard InChI is InChI=1S/C5H12O3Si/c1-2-3-6-8-7-4-5-9/h2-3H,4-5H2,1,9H3. The first kappa shape index (κ1) is 8.68. The van der Waals surface area contributed by atoms with Gasteiger partial charge in [0.15, 0.2) is 0 Å². The number of hydrogen-bond donors (Lipinski definition) is 0. The summed E-state index contributed by atoms with van der Waals surface area (Å²) in [4.78, 5) is 8.94. The predicted molar refractivity (Wildman–Crippen MR) is 37.7 cm³/mol. The minimum Gasteiger partial charge on any atom is -0.317 e. The fraction of sp³-hybridized carbons (Fsp3) is 0.600. The average molecular weight is 148 g/mol. The summed E-state index contributed by atoms with van der Waals surface area (Å²) in [6.07, 6.45) is 3.12. The molecule has 0 fully saturated rings. The molecule has 0 bridgehead atoms. The zero-order valence-electron chi connectivity index (χ0n) is 5.79. The lowest BCUT2D eigenvalue weighted by molar-refractivity contribution is -0.488. The average Bonchev–Trinajstić information content (AvgIpc) is 1.89. The van der Waals surface area contributed by atoms with Gasteiger partial charge < -0.3 is 4.89 Å². The number of rotatable bonds is 5. The van der Waals surface area contributed by atoms with Crippen LogP contribution < -0.4 is 0 Å². The van der Waals surface area contributed by atoms with Crippen molar-refractivity contribution in [3.05, 3.63) is 12.3 Å². The van der Waals surface area contributed by atoms with Gasteiger partial charge in [0, 0.05) is 10.2 Å². The second kappa shape index (κ2) is 7.68.